The Morgan fingerprint density at radius 3 is 1.57 bits per heavy atom. The minimum atomic E-state index is 0.654. The second kappa shape index (κ2) is 11.2. The minimum Gasteiger partial charge on any atom is -0.208 e. The first-order chi connectivity index (χ1) is 24.3. The van der Waals surface area contributed by atoms with Gasteiger partial charge >= 0.3 is 0 Å². The predicted octanol–water partition coefficient (Wildman–Crippen LogP) is 12.4. The Labute approximate surface area is 286 Å². The lowest BCUT2D eigenvalue weighted by Gasteiger charge is -2.13. The van der Waals surface area contributed by atoms with E-state index in [4.69, 9.17) is 15.0 Å². The van der Waals surface area contributed by atoms with Crippen molar-refractivity contribution in [3.05, 3.63) is 164 Å². The van der Waals surface area contributed by atoms with Crippen LogP contribution in [0.2, 0.25) is 0 Å². The fraction of sp³-hybridized carbons (Fsp3) is 0. The van der Waals surface area contributed by atoms with E-state index in [-0.39, 0.29) is 0 Å². The van der Waals surface area contributed by atoms with Crippen molar-refractivity contribution in [2.24, 2.45) is 0 Å². The van der Waals surface area contributed by atoms with E-state index in [0.29, 0.717) is 17.5 Å². The molecule has 0 saturated carbocycles. The average Bonchev–Trinajstić information content (AvgIpc) is 3.57. The summed E-state index contributed by atoms with van der Waals surface area (Å²) >= 11 is 1.79. The van der Waals surface area contributed by atoms with Crippen LogP contribution >= 0.6 is 11.3 Å². The summed E-state index contributed by atoms with van der Waals surface area (Å²) in [6.07, 6.45) is 0. The van der Waals surface area contributed by atoms with Gasteiger partial charge in [0, 0.05) is 36.9 Å². The van der Waals surface area contributed by atoms with Crippen LogP contribution in [-0.4, -0.2) is 15.0 Å². The molecule has 0 aliphatic heterocycles. The van der Waals surface area contributed by atoms with E-state index < -0.39 is 0 Å². The van der Waals surface area contributed by atoms with Crippen LogP contribution in [0, 0.1) is 0 Å². The summed E-state index contributed by atoms with van der Waals surface area (Å²) in [4.78, 5) is 15.3. The van der Waals surface area contributed by atoms with Gasteiger partial charge in [-0.15, -0.1) is 11.3 Å². The van der Waals surface area contributed by atoms with Crippen molar-refractivity contribution < 1.29 is 0 Å². The molecule has 228 valence electrons. The first-order valence-electron chi connectivity index (χ1n) is 16.4. The van der Waals surface area contributed by atoms with Gasteiger partial charge in [-0.05, 0) is 67.7 Å². The van der Waals surface area contributed by atoms with Crippen LogP contribution < -0.4 is 0 Å². The zero-order valence-corrected chi connectivity index (χ0v) is 27.2. The van der Waals surface area contributed by atoms with Gasteiger partial charge in [0.05, 0.1) is 0 Å². The van der Waals surface area contributed by atoms with E-state index in [1.54, 1.807) is 11.3 Å². The van der Waals surface area contributed by atoms with Gasteiger partial charge < -0.3 is 0 Å². The largest absolute Gasteiger partial charge is 0.208 e. The van der Waals surface area contributed by atoms with Crippen molar-refractivity contribution in [3.63, 3.8) is 0 Å². The second-order valence-corrected chi connectivity index (χ2v) is 13.4. The van der Waals surface area contributed by atoms with Crippen LogP contribution in [0.1, 0.15) is 0 Å². The van der Waals surface area contributed by atoms with Crippen LogP contribution in [0.25, 0.3) is 97.8 Å². The summed E-state index contributed by atoms with van der Waals surface area (Å²) in [5.74, 6) is 1.99. The highest BCUT2D eigenvalue weighted by molar-refractivity contribution is 7.26. The lowest BCUT2D eigenvalue weighted by molar-refractivity contribution is 1.08. The lowest BCUT2D eigenvalue weighted by atomic mass is 9.92. The van der Waals surface area contributed by atoms with Gasteiger partial charge in [-0.1, -0.05) is 140 Å². The Morgan fingerprint density at radius 2 is 0.816 bits per heavy atom. The van der Waals surface area contributed by atoms with Gasteiger partial charge in [-0.2, -0.15) is 0 Å². The Hall–Kier alpha value is -6.23. The number of thiophene rings is 1. The molecule has 0 unspecified atom stereocenters. The van der Waals surface area contributed by atoms with Crippen LogP contribution in [0.15, 0.2) is 164 Å². The Morgan fingerprint density at radius 1 is 0.306 bits per heavy atom. The van der Waals surface area contributed by atoms with E-state index in [2.05, 4.69) is 146 Å². The Kier molecular flexibility index (Phi) is 6.36. The number of hydrogen-bond donors (Lipinski definition) is 0. The van der Waals surface area contributed by atoms with Crippen LogP contribution in [0.5, 0.6) is 0 Å². The first kappa shape index (κ1) is 27.8. The number of rotatable bonds is 4. The lowest BCUT2D eigenvalue weighted by Crippen LogP contribution is -2.00. The maximum Gasteiger partial charge on any atom is 0.165 e. The molecule has 0 aliphatic carbocycles. The first-order valence-corrected chi connectivity index (χ1v) is 17.3. The predicted molar refractivity (Wildman–Crippen MR) is 207 cm³/mol. The van der Waals surface area contributed by atoms with Crippen LogP contribution in [-0.2, 0) is 0 Å². The molecule has 10 aromatic rings. The number of benzene rings is 8. The third kappa shape index (κ3) is 4.61. The molecule has 0 radical (unpaired) electrons. The second-order valence-electron chi connectivity index (χ2n) is 12.4. The fourth-order valence-electron chi connectivity index (χ4n) is 7.19. The highest BCUT2D eigenvalue weighted by atomic mass is 32.1. The Bertz CT molecular complexity index is 2860. The maximum absolute atomic E-state index is 5.16. The average molecular weight is 642 g/mol. The molecule has 49 heavy (non-hydrogen) atoms. The van der Waals surface area contributed by atoms with E-state index in [1.807, 2.05) is 18.2 Å². The van der Waals surface area contributed by atoms with Gasteiger partial charge in [0.15, 0.2) is 17.5 Å². The maximum atomic E-state index is 5.16. The van der Waals surface area contributed by atoms with Crippen molar-refractivity contribution in [1.29, 1.82) is 0 Å². The van der Waals surface area contributed by atoms with Crippen molar-refractivity contribution in [1.82, 2.24) is 15.0 Å². The van der Waals surface area contributed by atoms with Crippen LogP contribution in [0.4, 0.5) is 0 Å². The third-order valence-electron chi connectivity index (χ3n) is 9.51. The number of hydrogen-bond acceptors (Lipinski definition) is 4. The molecule has 4 heteroatoms. The van der Waals surface area contributed by atoms with Gasteiger partial charge in [0.1, 0.15) is 0 Å². The van der Waals surface area contributed by atoms with E-state index in [1.165, 1.54) is 52.5 Å². The number of aromatic nitrogens is 3. The van der Waals surface area contributed by atoms with E-state index >= 15 is 0 Å². The van der Waals surface area contributed by atoms with Crippen molar-refractivity contribution in [3.8, 4) is 45.3 Å². The van der Waals surface area contributed by atoms with Gasteiger partial charge in [-0.25, -0.2) is 15.0 Å². The molecule has 0 bridgehead atoms. The van der Waals surface area contributed by atoms with Gasteiger partial charge in [-0.3, -0.25) is 0 Å². The van der Waals surface area contributed by atoms with Crippen molar-refractivity contribution in [2.45, 2.75) is 0 Å². The van der Waals surface area contributed by atoms with E-state index in [9.17, 15) is 0 Å². The normalized spacial score (nSPS) is 11.7. The molecule has 3 nitrogen and oxygen atoms in total. The summed E-state index contributed by atoms with van der Waals surface area (Å²) in [5, 5.41) is 10.1. The zero-order valence-electron chi connectivity index (χ0n) is 26.3. The number of fused-ring (bicyclic) bond motifs is 9. The molecular weight excluding hydrogens is 615 g/mol. The SMILES string of the molecule is c1ccc(-c2nc(-c3cccc(-c4ccc5c6ccccc6c6ccccc6c5c4)c3)nc(-c3cccc4c3sc3ccccc34)n2)cc1. The van der Waals surface area contributed by atoms with Crippen molar-refractivity contribution in [2.75, 3.05) is 0 Å². The summed E-state index contributed by atoms with van der Waals surface area (Å²) < 4.78 is 2.44. The topological polar surface area (TPSA) is 38.7 Å². The fourth-order valence-corrected chi connectivity index (χ4v) is 8.40. The van der Waals surface area contributed by atoms with Crippen molar-refractivity contribution >= 4 is 63.8 Å². The standard InChI is InChI=1S/C45H27N3S/c1-2-12-28(13-3-1)43-46-44(48-45(47-43)39-22-11-21-38-37-20-8-9-23-41(37)49-42(38)39)31-15-10-14-29(26-31)30-24-25-36-34-18-5-4-16-32(34)33-17-6-7-19-35(33)40(36)27-30/h1-27H. The van der Waals surface area contributed by atoms with E-state index in [0.717, 1.165) is 27.8 Å². The molecule has 0 amide bonds. The monoisotopic (exact) mass is 641 g/mol. The number of nitrogens with zero attached hydrogens (tertiary/aromatic N) is 3. The molecule has 10 rings (SSSR count). The molecule has 0 fully saturated rings. The molecule has 0 N–H and O–H groups in total. The summed E-state index contributed by atoms with van der Waals surface area (Å²) in [6, 6.07) is 58.0. The molecule has 2 heterocycles. The molecular formula is C45H27N3S. The summed E-state index contributed by atoms with van der Waals surface area (Å²) in [7, 11) is 0. The molecule has 2 aromatic heterocycles. The van der Waals surface area contributed by atoms with Gasteiger partial charge in [0.25, 0.3) is 0 Å². The summed E-state index contributed by atoms with van der Waals surface area (Å²) in [5.41, 5.74) is 5.20. The quantitative estimate of drug-likeness (QED) is 0.180. The molecule has 0 spiro atoms. The minimum absolute atomic E-state index is 0.654. The molecule has 0 atom stereocenters. The highest BCUT2D eigenvalue weighted by Crippen LogP contribution is 2.40. The Balaban J connectivity index is 1.15. The third-order valence-corrected chi connectivity index (χ3v) is 10.7. The van der Waals surface area contributed by atoms with Crippen LogP contribution in [0.3, 0.4) is 0 Å². The smallest absolute Gasteiger partial charge is 0.165 e. The highest BCUT2D eigenvalue weighted by Gasteiger charge is 2.17. The van der Waals surface area contributed by atoms with Gasteiger partial charge in [0.2, 0.25) is 0 Å². The molecule has 0 aliphatic rings. The summed E-state index contributed by atoms with van der Waals surface area (Å²) in [6.45, 7) is 0. The molecule has 0 saturated heterocycles. The zero-order chi connectivity index (χ0) is 32.3. The molecule has 8 aromatic carbocycles.